The van der Waals surface area contributed by atoms with Gasteiger partial charge in [-0.2, -0.15) is 0 Å². The molecule has 2 amide bonds. The lowest BCUT2D eigenvalue weighted by molar-refractivity contribution is -0.117. The van der Waals surface area contributed by atoms with Crippen LogP contribution in [0, 0.1) is 17.2 Å². The molecule has 1 atom stereocenters. The Morgan fingerprint density at radius 3 is 2.67 bits per heavy atom. The van der Waals surface area contributed by atoms with E-state index in [0.29, 0.717) is 21.7 Å². The first kappa shape index (κ1) is 18.8. The van der Waals surface area contributed by atoms with Gasteiger partial charge < -0.3 is 16.0 Å². The maximum Gasteiger partial charge on any atom is 0.254 e. The van der Waals surface area contributed by atoms with Crippen molar-refractivity contribution >= 4 is 45.1 Å². The second kappa shape index (κ2) is 7.83. The van der Waals surface area contributed by atoms with Crippen LogP contribution in [-0.4, -0.2) is 35.8 Å². The normalized spacial score (nSPS) is 21.3. The first-order valence-corrected chi connectivity index (χ1v) is 11.7. The quantitative estimate of drug-likeness (QED) is 0.432. The molecule has 6 nitrogen and oxygen atoms in total. The Hall–Kier alpha value is -1.54. The summed E-state index contributed by atoms with van der Waals surface area (Å²) in [6.45, 7) is 0.720. The van der Waals surface area contributed by atoms with Gasteiger partial charge in [-0.05, 0) is 62.7 Å². The first-order valence-electron chi connectivity index (χ1n) is 9.67. The zero-order valence-electron chi connectivity index (χ0n) is 15.5. The van der Waals surface area contributed by atoms with Crippen molar-refractivity contribution in [2.45, 2.75) is 51.0 Å². The van der Waals surface area contributed by atoms with E-state index in [1.54, 1.807) is 11.3 Å². The van der Waals surface area contributed by atoms with E-state index in [9.17, 15) is 9.59 Å². The summed E-state index contributed by atoms with van der Waals surface area (Å²) in [6, 6.07) is 0.161. The minimum atomic E-state index is -0.0638. The maximum atomic E-state index is 13.0. The van der Waals surface area contributed by atoms with E-state index in [1.165, 1.54) is 29.5 Å². The maximum absolute atomic E-state index is 13.0. The van der Waals surface area contributed by atoms with Crippen LogP contribution >= 0.6 is 23.1 Å². The minimum Gasteiger partial charge on any atom is -0.362 e. The van der Waals surface area contributed by atoms with Crippen LogP contribution < -0.4 is 16.0 Å². The fraction of sp³-hybridized carbons (Fsp3) is 0.632. The van der Waals surface area contributed by atoms with E-state index in [1.807, 2.05) is 6.26 Å². The fourth-order valence-electron chi connectivity index (χ4n) is 3.49. The average Bonchev–Trinajstić information content (AvgIpc) is 3.56. The van der Waals surface area contributed by atoms with E-state index < -0.39 is 0 Å². The van der Waals surface area contributed by atoms with Crippen LogP contribution in [-0.2, 0) is 17.6 Å². The molecule has 1 aromatic rings. The topological polar surface area (TPSA) is 94.1 Å². The highest BCUT2D eigenvalue weighted by Crippen LogP contribution is 2.40. The predicted molar refractivity (Wildman–Crippen MR) is 111 cm³/mol. The van der Waals surface area contributed by atoms with Gasteiger partial charge in [0.1, 0.15) is 5.00 Å². The third-order valence-corrected chi connectivity index (χ3v) is 7.19. The van der Waals surface area contributed by atoms with Crippen LogP contribution in [0.2, 0.25) is 0 Å². The standard InChI is InChI=1S/C19H26N4O2S2/c1-26-19(20)22-12-6-7-14-13(8-12)15(17(25)21-9-10-2-3-10)18(27-14)23-16(24)11-4-5-11/h10-12H,2-9H2,1H3,(H2,20,22)(H,21,25)(H,23,24). The molecule has 1 heterocycles. The van der Waals surface area contributed by atoms with Gasteiger partial charge in [0.2, 0.25) is 5.91 Å². The van der Waals surface area contributed by atoms with Gasteiger partial charge >= 0.3 is 0 Å². The Labute approximate surface area is 167 Å². The molecule has 0 radical (unpaired) electrons. The highest BCUT2D eigenvalue weighted by Gasteiger charge is 2.34. The fourth-order valence-corrected chi connectivity index (χ4v) is 5.02. The lowest BCUT2D eigenvalue weighted by atomic mass is 9.91. The van der Waals surface area contributed by atoms with E-state index in [-0.39, 0.29) is 23.8 Å². The third kappa shape index (κ3) is 4.48. The number of fused-ring (bicyclic) bond motifs is 1. The van der Waals surface area contributed by atoms with Crippen LogP contribution in [0.25, 0.3) is 0 Å². The van der Waals surface area contributed by atoms with Gasteiger partial charge in [-0.1, -0.05) is 11.8 Å². The van der Waals surface area contributed by atoms with Crippen LogP contribution in [0.1, 0.15) is 52.9 Å². The molecule has 0 aromatic carbocycles. The molecule has 2 fully saturated rings. The van der Waals surface area contributed by atoms with Gasteiger partial charge in [0, 0.05) is 23.4 Å². The number of thioether (sulfide) groups is 1. The van der Waals surface area contributed by atoms with Gasteiger partial charge in [-0.15, -0.1) is 11.3 Å². The zero-order chi connectivity index (χ0) is 19.0. The smallest absolute Gasteiger partial charge is 0.254 e. The van der Waals surface area contributed by atoms with Crippen molar-refractivity contribution < 1.29 is 9.59 Å². The molecule has 4 N–H and O–H groups in total. The average molecular weight is 407 g/mol. The number of nitrogens with one attached hydrogen (secondary N) is 4. The molecular formula is C19H26N4O2S2. The van der Waals surface area contributed by atoms with Crippen LogP contribution in [0.4, 0.5) is 5.00 Å². The molecule has 3 aliphatic carbocycles. The van der Waals surface area contributed by atoms with Crippen molar-refractivity contribution in [3.05, 3.63) is 16.0 Å². The second-order valence-corrected chi connectivity index (χ2v) is 9.66. The van der Waals surface area contributed by atoms with Crippen molar-refractivity contribution in [3.8, 4) is 0 Å². The van der Waals surface area contributed by atoms with Gasteiger partial charge in [-0.25, -0.2) is 0 Å². The lowest BCUT2D eigenvalue weighted by Gasteiger charge is -2.24. The minimum absolute atomic E-state index is 0.0451. The Bertz CT molecular complexity index is 768. The molecule has 1 unspecified atom stereocenters. The second-order valence-electron chi connectivity index (χ2n) is 7.74. The molecule has 0 bridgehead atoms. The van der Waals surface area contributed by atoms with Gasteiger partial charge in [0.25, 0.3) is 5.91 Å². The summed E-state index contributed by atoms with van der Waals surface area (Å²) in [5.74, 6) is 0.710. The number of anilines is 1. The molecule has 2 saturated carbocycles. The van der Waals surface area contributed by atoms with Gasteiger partial charge in [0.05, 0.1) is 5.56 Å². The van der Waals surface area contributed by atoms with Crippen LogP contribution in [0.5, 0.6) is 0 Å². The Morgan fingerprint density at radius 2 is 2.00 bits per heavy atom. The molecule has 0 spiro atoms. The zero-order valence-corrected chi connectivity index (χ0v) is 17.2. The SMILES string of the molecule is CSC(=N)NC1CCc2sc(NC(=O)C3CC3)c(C(=O)NCC3CC3)c2C1. The molecule has 0 saturated heterocycles. The van der Waals surface area contributed by atoms with Crippen molar-refractivity contribution in [3.63, 3.8) is 0 Å². The highest BCUT2D eigenvalue weighted by atomic mass is 32.2. The van der Waals surface area contributed by atoms with Gasteiger partial charge in [0.15, 0.2) is 5.17 Å². The van der Waals surface area contributed by atoms with E-state index in [4.69, 9.17) is 5.41 Å². The van der Waals surface area contributed by atoms with Gasteiger partial charge in [-0.3, -0.25) is 15.0 Å². The largest absolute Gasteiger partial charge is 0.362 e. The van der Waals surface area contributed by atoms with Crippen molar-refractivity contribution in [1.29, 1.82) is 5.41 Å². The number of carbonyl (C=O) groups is 2. The molecule has 8 heteroatoms. The monoisotopic (exact) mass is 406 g/mol. The molecular weight excluding hydrogens is 380 g/mol. The number of aryl methyl sites for hydroxylation is 1. The first-order chi connectivity index (χ1) is 13.0. The number of thiophene rings is 1. The molecule has 3 aliphatic rings. The van der Waals surface area contributed by atoms with E-state index >= 15 is 0 Å². The summed E-state index contributed by atoms with van der Waals surface area (Å²) in [7, 11) is 0. The Kier molecular flexibility index (Phi) is 5.45. The van der Waals surface area contributed by atoms with Crippen LogP contribution in [0.15, 0.2) is 0 Å². The summed E-state index contributed by atoms with van der Waals surface area (Å²) >= 11 is 2.95. The van der Waals surface area contributed by atoms with Crippen molar-refractivity contribution in [2.24, 2.45) is 11.8 Å². The number of carbonyl (C=O) groups excluding carboxylic acids is 2. The van der Waals surface area contributed by atoms with E-state index in [2.05, 4.69) is 16.0 Å². The number of hydrogen-bond acceptors (Lipinski definition) is 5. The van der Waals surface area contributed by atoms with Crippen LogP contribution in [0.3, 0.4) is 0 Å². The summed E-state index contributed by atoms with van der Waals surface area (Å²) in [5, 5.41) is 18.4. The number of amidine groups is 1. The molecule has 0 aliphatic heterocycles. The summed E-state index contributed by atoms with van der Waals surface area (Å²) in [4.78, 5) is 26.5. The summed E-state index contributed by atoms with van der Waals surface area (Å²) in [5.41, 5.74) is 1.71. The molecule has 146 valence electrons. The highest BCUT2D eigenvalue weighted by molar-refractivity contribution is 8.13. The molecule has 27 heavy (non-hydrogen) atoms. The Balaban J connectivity index is 1.56. The van der Waals surface area contributed by atoms with E-state index in [0.717, 1.165) is 44.2 Å². The third-order valence-electron chi connectivity index (χ3n) is 5.46. The van der Waals surface area contributed by atoms with Crippen molar-refractivity contribution in [1.82, 2.24) is 10.6 Å². The Morgan fingerprint density at radius 1 is 1.22 bits per heavy atom. The summed E-state index contributed by atoms with van der Waals surface area (Å²) in [6.07, 6.45) is 8.70. The lowest BCUT2D eigenvalue weighted by Crippen LogP contribution is -2.37. The predicted octanol–water partition coefficient (Wildman–Crippen LogP) is 2.98. The molecule has 1 aromatic heterocycles. The van der Waals surface area contributed by atoms with Crippen molar-refractivity contribution in [2.75, 3.05) is 18.1 Å². The number of amides is 2. The summed E-state index contributed by atoms with van der Waals surface area (Å²) < 4.78 is 0. The molecule has 4 rings (SSSR count). The number of hydrogen-bond donors (Lipinski definition) is 4. The number of rotatable bonds is 6.